The number of hydrogen-bond donors (Lipinski definition) is 0. The van der Waals surface area contributed by atoms with Crippen LogP contribution in [-0.4, -0.2) is 32.7 Å². The normalized spacial score (nSPS) is 17.3. The van der Waals surface area contributed by atoms with Crippen LogP contribution in [0.25, 0.3) is 16.8 Å². The van der Waals surface area contributed by atoms with Crippen LogP contribution in [0.5, 0.6) is 0 Å². The Morgan fingerprint density at radius 2 is 1.81 bits per heavy atom. The standard InChI is InChI=1S/C25H23F2N5/c1-16-23(18-5-2-6-19(26)22(18)27)32-21(7-11-29-32)24(30-16)31-12-8-25(9-13-31)14-17-4-3-10-28-20(17)15-25/h2-7,10-11H,8-9,12-15H2,1H3. The Balaban J connectivity index is 1.34. The molecule has 3 aromatic heterocycles. The summed E-state index contributed by atoms with van der Waals surface area (Å²) in [5.74, 6) is -0.903. The van der Waals surface area contributed by atoms with E-state index in [2.05, 4.69) is 21.0 Å². The molecule has 0 bridgehead atoms. The quantitative estimate of drug-likeness (QED) is 0.459. The van der Waals surface area contributed by atoms with Gasteiger partial charge in [0.1, 0.15) is 5.52 Å². The highest BCUT2D eigenvalue weighted by molar-refractivity contribution is 5.75. The van der Waals surface area contributed by atoms with Crippen molar-refractivity contribution in [2.75, 3.05) is 18.0 Å². The summed E-state index contributed by atoms with van der Waals surface area (Å²) in [5, 5.41) is 4.43. The maximum Gasteiger partial charge on any atom is 0.168 e. The Kier molecular flexibility index (Phi) is 4.28. The number of fused-ring (bicyclic) bond motifs is 2. The van der Waals surface area contributed by atoms with Crippen molar-refractivity contribution in [3.05, 3.63) is 77.4 Å². The van der Waals surface area contributed by atoms with Gasteiger partial charge in [0.25, 0.3) is 0 Å². The number of hydrogen-bond acceptors (Lipinski definition) is 4. The van der Waals surface area contributed by atoms with E-state index in [1.807, 2.05) is 25.3 Å². The topological polar surface area (TPSA) is 46.3 Å². The molecule has 4 heterocycles. The van der Waals surface area contributed by atoms with Crippen molar-refractivity contribution in [1.29, 1.82) is 0 Å². The Morgan fingerprint density at radius 3 is 2.62 bits per heavy atom. The van der Waals surface area contributed by atoms with Crippen molar-refractivity contribution in [3.8, 4) is 11.3 Å². The number of benzene rings is 1. The number of pyridine rings is 1. The Hall–Kier alpha value is -3.35. The van der Waals surface area contributed by atoms with Crippen molar-refractivity contribution in [3.63, 3.8) is 0 Å². The van der Waals surface area contributed by atoms with Crippen molar-refractivity contribution in [1.82, 2.24) is 19.6 Å². The molecule has 7 heteroatoms. The second kappa shape index (κ2) is 7.08. The van der Waals surface area contributed by atoms with E-state index in [0.717, 1.165) is 56.2 Å². The first-order valence-electron chi connectivity index (χ1n) is 11.0. The molecule has 0 unspecified atom stereocenters. The second-order valence-electron chi connectivity index (χ2n) is 9.05. The molecule has 5 nitrogen and oxygen atoms in total. The van der Waals surface area contributed by atoms with Gasteiger partial charge in [0.2, 0.25) is 0 Å². The van der Waals surface area contributed by atoms with Gasteiger partial charge < -0.3 is 4.90 Å². The summed E-state index contributed by atoms with van der Waals surface area (Å²) in [6, 6.07) is 10.3. The van der Waals surface area contributed by atoms with Crippen molar-refractivity contribution < 1.29 is 8.78 Å². The molecule has 162 valence electrons. The summed E-state index contributed by atoms with van der Waals surface area (Å²) >= 11 is 0. The molecule has 32 heavy (non-hydrogen) atoms. The lowest BCUT2D eigenvalue weighted by Crippen LogP contribution is -2.41. The first-order chi connectivity index (χ1) is 15.5. The summed E-state index contributed by atoms with van der Waals surface area (Å²) in [6.45, 7) is 3.62. The average molecular weight is 431 g/mol. The largest absolute Gasteiger partial charge is 0.355 e. The van der Waals surface area contributed by atoms with Crippen LogP contribution in [-0.2, 0) is 12.8 Å². The Labute approximate surface area is 184 Å². The lowest BCUT2D eigenvalue weighted by atomic mass is 9.76. The highest BCUT2D eigenvalue weighted by Gasteiger charge is 2.41. The van der Waals surface area contributed by atoms with Gasteiger partial charge >= 0.3 is 0 Å². The van der Waals surface area contributed by atoms with Crippen LogP contribution >= 0.6 is 0 Å². The van der Waals surface area contributed by atoms with Crippen LogP contribution < -0.4 is 4.90 Å². The molecule has 0 radical (unpaired) electrons. The molecule has 6 rings (SSSR count). The predicted molar refractivity (Wildman–Crippen MR) is 119 cm³/mol. The Bertz CT molecular complexity index is 1310. The molecule has 4 aromatic rings. The van der Waals surface area contributed by atoms with E-state index >= 15 is 0 Å². The molecule has 1 spiro atoms. The lowest BCUT2D eigenvalue weighted by molar-refractivity contribution is 0.231. The SMILES string of the molecule is Cc1nc(N2CCC3(CC2)Cc2cccnc2C3)c2ccnn2c1-c1cccc(F)c1F. The van der Waals surface area contributed by atoms with Gasteiger partial charge in [0.15, 0.2) is 17.5 Å². The van der Waals surface area contributed by atoms with Gasteiger partial charge in [-0.05, 0) is 67.9 Å². The zero-order chi connectivity index (χ0) is 21.9. The van der Waals surface area contributed by atoms with Crippen LogP contribution in [0, 0.1) is 24.0 Å². The van der Waals surface area contributed by atoms with Gasteiger partial charge in [-0.1, -0.05) is 12.1 Å². The third-order valence-electron chi connectivity index (χ3n) is 7.12. The van der Waals surface area contributed by atoms with Gasteiger partial charge in [0, 0.05) is 30.5 Å². The monoisotopic (exact) mass is 431 g/mol. The van der Waals surface area contributed by atoms with Gasteiger partial charge in [-0.3, -0.25) is 4.98 Å². The Morgan fingerprint density at radius 1 is 0.969 bits per heavy atom. The van der Waals surface area contributed by atoms with Crippen LogP contribution in [0.2, 0.25) is 0 Å². The summed E-state index contributed by atoms with van der Waals surface area (Å²) < 4.78 is 30.2. The van der Waals surface area contributed by atoms with E-state index in [4.69, 9.17) is 4.98 Å². The van der Waals surface area contributed by atoms with Crippen LogP contribution in [0.15, 0.2) is 48.8 Å². The smallest absolute Gasteiger partial charge is 0.168 e. The molecular weight excluding hydrogens is 408 g/mol. The van der Waals surface area contributed by atoms with E-state index in [1.165, 1.54) is 17.3 Å². The summed E-state index contributed by atoms with van der Waals surface area (Å²) in [4.78, 5) is 11.8. The fraction of sp³-hybridized carbons (Fsp3) is 0.320. The number of piperidine rings is 1. The number of aromatic nitrogens is 4. The van der Waals surface area contributed by atoms with E-state index in [1.54, 1.807) is 16.8 Å². The minimum atomic E-state index is -0.878. The lowest BCUT2D eigenvalue weighted by Gasteiger charge is -2.40. The van der Waals surface area contributed by atoms with Crippen molar-refractivity contribution in [2.24, 2.45) is 5.41 Å². The first kappa shape index (κ1) is 19.3. The molecule has 1 aliphatic heterocycles. The van der Waals surface area contributed by atoms with Crippen LogP contribution in [0.4, 0.5) is 14.6 Å². The maximum absolute atomic E-state index is 14.6. The molecule has 0 atom stereocenters. The van der Waals surface area contributed by atoms with Gasteiger partial charge in [-0.25, -0.2) is 18.3 Å². The number of halogens is 2. The summed E-state index contributed by atoms with van der Waals surface area (Å²) in [7, 11) is 0. The fourth-order valence-corrected chi connectivity index (χ4v) is 5.46. The number of aryl methyl sites for hydroxylation is 1. The molecule has 0 saturated carbocycles. The van der Waals surface area contributed by atoms with Gasteiger partial charge in [0.05, 0.1) is 17.6 Å². The fourth-order valence-electron chi connectivity index (χ4n) is 5.46. The predicted octanol–water partition coefficient (Wildman–Crippen LogP) is 4.76. The summed E-state index contributed by atoms with van der Waals surface area (Å²) in [5.41, 5.74) is 4.99. The van der Waals surface area contributed by atoms with E-state index in [-0.39, 0.29) is 11.0 Å². The zero-order valence-corrected chi connectivity index (χ0v) is 17.9. The molecule has 2 aliphatic rings. The number of anilines is 1. The molecule has 1 saturated heterocycles. The average Bonchev–Trinajstić information content (AvgIpc) is 3.41. The molecular formula is C25H23F2N5. The molecule has 0 amide bonds. The van der Waals surface area contributed by atoms with Crippen molar-refractivity contribution >= 4 is 11.3 Å². The molecule has 1 fully saturated rings. The highest BCUT2D eigenvalue weighted by atomic mass is 19.2. The van der Waals surface area contributed by atoms with Crippen molar-refractivity contribution in [2.45, 2.75) is 32.6 Å². The van der Waals surface area contributed by atoms with Gasteiger partial charge in [-0.15, -0.1) is 0 Å². The third kappa shape index (κ3) is 2.91. The van der Waals surface area contributed by atoms with E-state index in [0.29, 0.717) is 11.4 Å². The number of nitrogens with zero attached hydrogens (tertiary/aromatic N) is 5. The summed E-state index contributed by atoms with van der Waals surface area (Å²) in [6.07, 6.45) is 7.86. The molecule has 0 N–H and O–H groups in total. The first-order valence-corrected chi connectivity index (χ1v) is 11.0. The van der Waals surface area contributed by atoms with E-state index in [9.17, 15) is 8.78 Å². The van der Waals surface area contributed by atoms with Crippen LogP contribution in [0.1, 0.15) is 29.8 Å². The number of rotatable bonds is 2. The maximum atomic E-state index is 14.6. The minimum Gasteiger partial charge on any atom is -0.355 e. The molecule has 1 aromatic carbocycles. The second-order valence-corrected chi connectivity index (χ2v) is 9.05. The highest BCUT2D eigenvalue weighted by Crippen LogP contribution is 2.45. The van der Waals surface area contributed by atoms with Crippen LogP contribution in [0.3, 0.4) is 0 Å². The minimum absolute atomic E-state index is 0.170. The zero-order valence-electron chi connectivity index (χ0n) is 17.9. The van der Waals surface area contributed by atoms with E-state index < -0.39 is 11.6 Å². The third-order valence-corrected chi connectivity index (χ3v) is 7.12. The molecule has 1 aliphatic carbocycles. The van der Waals surface area contributed by atoms with Gasteiger partial charge in [-0.2, -0.15) is 5.10 Å².